The minimum Gasteiger partial charge on any atom is -0.383 e. The molecular weight excluding hydrogens is 291 g/mol. The molecule has 2 rings (SSSR count). The van der Waals surface area contributed by atoms with Crippen LogP contribution in [0.1, 0.15) is 31.4 Å². The van der Waals surface area contributed by atoms with Gasteiger partial charge in [-0.1, -0.05) is 17.7 Å². The van der Waals surface area contributed by atoms with Crippen LogP contribution >= 0.6 is 11.6 Å². The molecule has 1 aromatic rings. The van der Waals surface area contributed by atoms with Crippen molar-refractivity contribution in [1.29, 1.82) is 0 Å². The second-order valence-corrected chi connectivity index (χ2v) is 6.04. The number of hydrogen-bond acceptors (Lipinski definition) is 3. The van der Waals surface area contributed by atoms with Crippen molar-refractivity contribution in [3.05, 3.63) is 34.6 Å². The predicted octanol–water partition coefficient (Wildman–Crippen LogP) is 3.24. The van der Waals surface area contributed by atoms with Gasteiger partial charge in [-0.2, -0.15) is 0 Å². The molecule has 1 heterocycles. The summed E-state index contributed by atoms with van der Waals surface area (Å²) in [4.78, 5) is 2.37. The van der Waals surface area contributed by atoms with E-state index in [0.717, 1.165) is 25.2 Å². The summed E-state index contributed by atoms with van der Waals surface area (Å²) in [5.74, 6) is -0.367. The fourth-order valence-corrected chi connectivity index (χ4v) is 3.02. The first-order chi connectivity index (χ1) is 10.1. The average Bonchev–Trinajstić information content (AvgIpc) is 2.98. The lowest BCUT2D eigenvalue weighted by atomic mass is 10.1. The van der Waals surface area contributed by atoms with Crippen LogP contribution in [-0.2, 0) is 4.74 Å². The topological polar surface area (TPSA) is 24.5 Å². The van der Waals surface area contributed by atoms with E-state index in [1.54, 1.807) is 13.2 Å². The molecule has 0 bridgehead atoms. The zero-order chi connectivity index (χ0) is 15.2. The smallest absolute Gasteiger partial charge is 0.141 e. The fraction of sp³-hybridized carbons (Fsp3) is 0.625. The Morgan fingerprint density at radius 3 is 2.95 bits per heavy atom. The van der Waals surface area contributed by atoms with E-state index in [1.807, 2.05) is 6.07 Å². The van der Waals surface area contributed by atoms with Crippen molar-refractivity contribution in [2.24, 2.45) is 0 Å². The van der Waals surface area contributed by atoms with Crippen LogP contribution in [0.15, 0.2) is 18.2 Å². The molecule has 118 valence electrons. The number of benzene rings is 1. The Labute approximate surface area is 131 Å². The first kappa shape index (κ1) is 16.7. The van der Waals surface area contributed by atoms with E-state index in [0.29, 0.717) is 12.6 Å². The van der Waals surface area contributed by atoms with Gasteiger partial charge < -0.3 is 10.1 Å². The van der Waals surface area contributed by atoms with Gasteiger partial charge >= 0.3 is 0 Å². The average molecular weight is 315 g/mol. The van der Waals surface area contributed by atoms with Crippen molar-refractivity contribution in [3.8, 4) is 0 Å². The summed E-state index contributed by atoms with van der Waals surface area (Å²) in [6, 6.07) is 5.69. The fourth-order valence-electron chi connectivity index (χ4n) is 2.83. The van der Waals surface area contributed by atoms with E-state index in [4.69, 9.17) is 16.3 Å². The van der Waals surface area contributed by atoms with Crippen LogP contribution < -0.4 is 5.32 Å². The van der Waals surface area contributed by atoms with Gasteiger partial charge in [-0.25, -0.2) is 4.39 Å². The third-order valence-electron chi connectivity index (χ3n) is 4.17. The van der Waals surface area contributed by atoms with Crippen LogP contribution in [0, 0.1) is 5.82 Å². The third kappa shape index (κ3) is 4.65. The van der Waals surface area contributed by atoms with Crippen molar-refractivity contribution in [2.45, 2.75) is 31.8 Å². The van der Waals surface area contributed by atoms with Gasteiger partial charge in [-0.3, -0.25) is 4.90 Å². The van der Waals surface area contributed by atoms with E-state index in [1.165, 1.54) is 18.9 Å². The van der Waals surface area contributed by atoms with E-state index in [-0.39, 0.29) is 16.9 Å². The van der Waals surface area contributed by atoms with Crippen molar-refractivity contribution < 1.29 is 9.13 Å². The molecule has 3 nitrogen and oxygen atoms in total. The molecule has 21 heavy (non-hydrogen) atoms. The molecule has 1 aliphatic heterocycles. The van der Waals surface area contributed by atoms with Crippen LogP contribution in [0.4, 0.5) is 4.39 Å². The molecule has 0 aromatic heterocycles. The van der Waals surface area contributed by atoms with Crippen LogP contribution in [0.25, 0.3) is 0 Å². The van der Waals surface area contributed by atoms with Gasteiger partial charge in [0.15, 0.2) is 0 Å². The van der Waals surface area contributed by atoms with Crippen molar-refractivity contribution >= 4 is 11.6 Å². The maximum Gasteiger partial charge on any atom is 0.141 e. The second-order valence-electron chi connectivity index (χ2n) is 5.63. The van der Waals surface area contributed by atoms with E-state index in [9.17, 15) is 4.39 Å². The number of nitrogens with zero attached hydrogens (tertiary/aromatic N) is 1. The first-order valence-electron chi connectivity index (χ1n) is 7.53. The third-order valence-corrected chi connectivity index (χ3v) is 4.46. The molecule has 1 saturated heterocycles. The van der Waals surface area contributed by atoms with E-state index in [2.05, 4.69) is 17.1 Å². The van der Waals surface area contributed by atoms with Gasteiger partial charge in [0.2, 0.25) is 0 Å². The minimum atomic E-state index is -0.367. The van der Waals surface area contributed by atoms with Gasteiger partial charge in [0.25, 0.3) is 0 Å². The Kier molecular flexibility index (Phi) is 6.42. The Balaban J connectivity index is 2.07. The van der Waals surface area contributed by atoms with E-state index < -0.39 is 0 Å². The summed E-state index contributed by atoms with van der Waals surface area (Å²) in [6.07, 6.45) is 2.44. The highest BCUT2D eigenvalue weighted by Crippen LogP contribution is 2.25. The largest absolute Gasteiger partial charge is 0.383 e. The lowest BCUT2D eigenvalue weighted by molar-refractivity contribution is 0.118. The molecule has 5 heteroatoms. The Morgan fingerprint density at radius 2 is 2.33 bits per heavy atom. The van der Waals surface area contributed by atoms with Crippen molar-refractivity contribution in [2.75, 3.05) is 33.4 Å². The van der Waals surface area contributed by atoms with Crippen LogP contribution in [-0.4, -0.2) is 44.3 Å². The highest BCUT2D eigenvalue weighted by molar-refractivity contribution is 6.30. The zero-order valence-corrected chi connectivity index (χ0v) is 13.5. The SMILES string of the molecule is COCCN(CC1CCCN1)C(C)c1ccc(F)c(Cl)c1. The molecule has 1 aliphatic rings. The monoisotopic (exact) mass is 314 g/mol. The zero-order valence-electron chi connectivity index (χ0n) is 12.7. The van der Waals surface area contributed by atoms with E-state index >= 15 is 0 Å². The Morgan fingerprint density at radius 1 is 1.52 bits per heavy atom. The number of ether oxygens (including phenoxy) is 1. The maximum atomic E-state index is 13.3. The van der Waals surface area contributed by atoms with Crippen LogP contribution in [0.5, 0.6) is 0 Å². The molecule has 1 aromatic carbocycles. The van der Waals surface area contributed by atoms with Crippen molar-refractivity contribution in [3.63, 3.8) is 0 Å². The van der Waals surface area contributed by atoms with Gasteiger partial charge in [0.1, 0.15) is 5.82 Å². The number of methoxy groups -OCH3 is 1. The Bertz CT molecular complexity index is 452. The maximum absolute atomic E-state index is 13.3. The first-order valence-corrected chi connectivity index (χ1v) is 7.91. The molecule has 0 saturated carbocycles. The standard InChI is InChI=1S/C16H24ClFN2O/c1-12(13-5-6-16(18)15(17)10-13)20(8-9-21-2)11-14-4-3-7-19-14/h5-6,10,12,14,19H,3-4,7-9,11H2,1-2H3. The highest BCUT2D eigenvalue weighted by Gasteiger charge is 2.22. The molecule has 0 radical (unpaired) electrons. The lowest BCUT2D eigenvalue weighted by Crippen LogP contribution is -2.40. The summed E-state index contributed by atoms with van der Waals surface area (Å²) >= 11 is 5.91. The molecule has 1 N–H and O–H groups in total. The highest BCUT2D eigenvalue weighted by atomic mass is 35.5. The number of halogens is 2. The Hall–Kier alpha value is -0.680. The van der Waals surface area contributed by atoms with Gasteiger partial charge in [-0.05, 0) is 44.0 Å². The predicted molar refractivity (Wildman–Crippen MR) is 84.3 cm³/mol. The quantitative estimate of drug-likeness (QED) is 0.836. The number of hydrogen-bond donors (Lipinski definition) is 1. The summed E-state index contributed by atoms with van der Waals surface area (Å²) < 4.78 is 18.5. The van der Waals surface area contributed by atoms with Crippen LogP contribution in [0.3, 0.4) is 0 Å². The summed E-state index contributed by atoms with van der Waals surface area (Å²) in [5, 5.41) is 3.71. The summed E-state index contributed by atoms with van der Waals surface area (Å²) in [6.45, 7) is 5.74. The van der Waals surface area contributed by atoms with Gasteiger partial charge in [-0.15, -0.1) is 0 Å². The molecule has 1 fully saturated rings. The normalized spacial score (nSPS) is 20.1. The molecule has 0 amide bonds. The van der Waals surface area contributed by atoms with Gasteiger partial charge in [0, 0.05) is 32.3 Å². The van der Waals surface area contributed by atoms with Gasteiger partial charge in [0.05, 0.1) is 11.6 Å². The second kappa shape index (κ2) is 8.08. The lowest BCUT2D eigenvalue weighted by Gasteiger charge is -2.31. The molecule has 2 atom stereocenters. The minimum absolute atomic E-state index is 0.181. The summed E-state index contributed by atoms with van der Waals surface area (Å²) in [5.41, 5.74) is 1.04. The number of nitrogens with one attached hydrogen (secondary N) is 1. The molecule has 0 aliphatic carbocycles. The van der Waals surface area contributed by atoms with Crippen molar-refractivity contribution in [1.82, 2.24) is 10.2 Å². The molecular formula is C16H24ClFN2O. The van der Waals surface area contributed by atoms with Crippen LogP contribution in [0.2, 0.25) is 5.02 Å². The molecule has 2 unspecified atom stereocenters. The molecule has 0 spiro atoms. The summed E-state index contributed by atoms with van der Waals surface area (Å²) in [7, 11) is 1.71. The number of rotatable bonds is 7.